The standard InChI is InChI=1S/C17H11Cl2NO3/c1-22-15-6-5-12(19)9-13(15)16-20-14(17(21)23-16)8-10-3-2-4-11(18)7-10/h2-9H,1H3. The number of cyclic esters (lactones) is 1. The topological polar surface area (TPSA) is 47.9 Å². The van der Waals surface area contributed by atoms with Crippen LogP contribution in [-0.4, -0.2) is 19.0 Å². The van der Waals surface area contributed by atoms with Crippen LogP contribution in [0.25, 0.3) is 6.08 Å². The zero-order valence-electron chi connectivity index (χ0n) is 12.0. The van der Waals surface area contributed by atoms with Gasteiger partial charge < -0.3 is 9.47 Å². The third kappa shape index (κ3) is 3.38. The molecule has 1 aliphatic rings. The summed E-state index contributed by atoms with van der Waals surface area (Å²) in [5.74, 6) is 0.134. The summed E-state index contributed by atoms with van der Waals surface area (Å²) in [6, 6.07) is 12.1. The lowest BCUT2D eigenvalue weighted by atomic mass is 10.2. The summed E-state index contributed by atoms with van der Waals surface area (Å²) in [6.07, 6.45) is 1.61. The molecule has 0 atom stereocenters. The highest BCUT2D eigenvalue weighted by Gasteiger charge is 2.26. The normalized spacial score (nSPS) is 15.5. The highest BCUT2D eigenvalue weighted by atomic mass is 35.5. The van der Waals surface area contributed by atoms with Crippen molar-refractivity contribution in [1.29, 1.82) is 0 Å². The summed E-state index contributed by atoms with van der Waals surface area (Å²) in [5.41, 5.74) is 1.46. The summed E-state index contributed by atoms with van der Waals surface area (Å²) in [6.45, 7) is 0. The SMILES string of the molecule is COc1ccc(Cl)cc1C1=NC(=Cc2cccc(Cl)c2)C(=O)O1. The van der Waals surface area contributed by atoms with Crippen LogP contribution in [0.15, 0.2) is 53.2 Å². The Hall–Kier alpha value is -2.30. The fourth-order valence-corrected chi connectivity index (χ4v) is 2.50. The Bertz CT molecular complexity index is 843. The summed E-state index contributed by atoms with van der Waals surface area (Å²) < 4.78 is 10.5. The molecule has 0 spiro atoms. The number of benzene rings is 2. The lowest BCUT2D eigenvalue weighted by Gasteiger charge is -2.07. The first-order valence-corrected chi connectivity index (χ1v) is 7.44. The summed E-state index contributed by atoms with van der Waals surface area (Å²) in [4.78, 5) is 16.3. The smallest absolute Gasteiger partial charge is 0.363 e. The first-order chi connectivity index (χ1) is 11.1. The first kappa shape index (κ1) is 15.6. The van der Waals surface area contributed by atoms with Gasteiger partial charge >= 0.3 is 5.97 Å². The van der Waals surface area contributed by atoms with E-state index in [9.17, 15) is 4.79 Å². The van der Waals surface area contributed by atoms with E-state index in [-0.39, 0.29) is 11.6 Å². The van der Waals surface area contributed by atoms with Crippen LogP contribution >= 0.6 is 23.2 Å². The Labute approximate surface area is 143 Å². The van der Waals surface area contributed by atoms with E-state index in [0.29, 0.717) is 21.4 Å². The second-order valence-corrected chi connectivity index (χ2v) is 5.61. The maximum atomic E-state index is 12.0. The van der Waals surface area contributed by atoms with Crippen LogP contribution in [0.1, 0.15) is 11.1 Å². The van der Waals surface area contributed by atoms with Crippen molar-refractivity contribution in [1.82, 2.24) is 0 Å². The molecule has 6 heteroatoms. The average Bonchev–Trinajstić information content (AvgIpc) is 2.88. The quantitative estimate of drug-likeness (QED) is 0.612. The summed E-state index contributed by atoms with van der Waals surface area (Å²) >= 11 is 11.9. The van der Waals surface area contributed by atoms with Gasteiger partial charge in [-0.05, 0) is 42.0 Å². The zero-order valence-corrected chi connectivity index (χ0v) is 13.6. The Morgan fingerprint density at radius 1 is 1.13 bits per heavy atom. The molecule has 0 N–H and O–H groups in total. The first-order valence-electron chi connectivity index (χ1n) is 6.69. The van der Waals surface area contributed by atoms with E-state index < -0.39 is 5.97 Å². The van der Waals surface area contributed by atoms with Crippen LogP contribution in [0.4, 0.5) is 0 Å². The van der Waals surface area contributed by atoms with Crippen molar-refractivity contribution in [3.8, 4) is 5.75 Å². The van der Waals surface area contributed by atoms with E-state index in [0.717, 1.165) is 5.56 Å². The van der Waals surface area contributed by atoms with Crippen LogP contribution in [0.2, 0.25) is 10.0 Å². The molecule has 0 fully saturated rings. The average molecular weight is 348 g/mol. The van der Waals surface area contributed by atoms with E-state index in [1.165, 1.54) is 7.11 Å². The van der Waals surface area contributed by atoms with Crippen molar-refractivity contribution in [3.05, 3.63) is 69.3 Å². The molecule has 116 valence electrons. The molecule has 0 amide bonds. The van der Waals surface area contributed by atoms with E-state index >= 15 is 0 Å². The summed E-state index contributed by atoms with van der Waals surface area (Å²) in [5, 5.41) is 1.07. The lowest BCUT2D eigenvalue weighted by Crippen LogP contribution is -2.07. The Morgan fingerprint density at radius 3 is 2.65 bits per heavy atom. The molecular weight excluding hydrogens is 337 g/mol. The molecule has 4 nitrogen and oxygen atoms in total. The molecule has 0 bridgehead atoms. The van der Waals surface area contributed by atoms with Crippen molar-refractivity contribution in [2.24, 2.45) is 4.99 Å². The third-order valence-electron chi connectivity index (χ3n) is 3.16. The predicted molar refractivity (Wildman–Crippen MR) is 90.1 cm³/mol. The minimum absolute atomic E-state index is 0.155. The van der Waals surface area contributed by atoms with Gasteiger partial charge in [-0.25, -0.2) is 9.79 Å². The molecule has 1 heterocycles. The Balaban J connectivity index is 2.00. The van der Waals surface area contributed by atoms with Gasteiger partial charge in [-0.15, -0.1) is 0 Å². The fraction of sp³-hybridized carbons (Fsp3) is 0.0588. The van der Waals surface area contributed by atoms with Crippen molar-refractivity contribution >= 4 is 41.1 Å². The second-order valence-electron chi connectivity index (χ2n) is 4.74. The van der Waals surface area contributed by atoms with Gasteiger partial charge in [-0.3, -0.25) is 0 Å². The maximum absolute atomic E-state index is 12.0. The predicted octanol–water partition coefficient (Wildman–Crippen LogP) is 4.35. The lowest BCUT2D eigenvalue weighted by molar-refractivity contribution is -0.129. The highest BCUT2D eigenvalue weighted by Crippen LogP contribution is 2.28. The van der Waals surface area contributed by atoms with Crippen LogP contribution in [0.3, 0.4) is 0 Å². The number of nitrogens with zero attached hydrogens (tertiary/aromatic N) is 1. The molecule has 0 unspecified atom stereocenters. The molecule has 3 rings (SSSR count). The third-order valence-corrected chi connectivity index (χ3v) is 3.63. The monoisotopic (exact) mass is 347 g/mol. The van der Waals surface area contributed by atoms with Gasteiger partial charge in [-0.2, -0.15) is 0 Å². The Kier molecular flexibility index (Phi) is 4.37. The van der Waals surface area contributed by atoms with Gasteiger partial charge in [0.2, 0.25) is 5.90 Å². The largest absolute Gasteiger partial charge is 0.496 e. The van der Waals surface area contributed by atoms with Crippen molar-refractivity contribution in [2.75, 3.05) is 7.11 Å². The van der Waals surface area contributed by atoms with Crippen molar-refractivity contribution in [2.45, 2.75) is 0 Å². The molecule has 0 saturated carbocycles. The molecule has 0 aromatic heterocycles. The molecular formula is C17H11Cl2NO3. The minimum Gasteiger partial charge on any atom is -0.496 e. The molecule has 23 heavy (non-hydrogen) atoms. The molecule has 2 aromatic rings. The van der Waals surface area contributed by atoms with Gasteiger partial charge in [-0.1, -0.05) is 35.3 Å². The number of carbonyl (C=O) groups is 1. The molecule has 0 saturated heterocycles. The number of aliphatic imine (C=N–C) groups is 1. The second kappa shape index (κ2) is 6.44. The number of carbonyl (C=O) groups excluding carboxylic acids is 1. The van der Waals surface area contributed by atoms with Crippen LogP contribution in [0.5, 0.6) is 5.75 Å². The van der Waals surface area contributed by atoms with E-state index in [1.807, 2.05) is 6.07 Å². The molecule has 0 aliphatic carbocycles. The summed E-state index contributed by atoms with van der Waals surface area (Å²) in [7, 11) is 1.52. The van der Waals surface area contributed by atoms with Gasteiger partial charge in [0.25, 0.3) is 0 Å². The maximum Gasteiger partial charge on any atom is 0.363 e. The van der Waals surface area contributed by atoms with Crippen molar-refractivity contribution in [3.63, 3.8) is 0 Å². The number of halogens is 2. The van der Waals surface area contributed by atoms with Gasteiger partial charge in [0.15, 0.2) is 5.70 Å². The van der Waals surface area contributed by atoms with Crippen LogP contribution in [-0.2, 0) is 9.53 Å². The highest BCUT2D eigenvalue weighted by molar-refractivity contribution is 6.31. The number of rotatable bonds is 3. The zero-order chi connectivity index (χ0) is 16.4. The van der Waals surface area contributed by atoms with Gasteiger partial charge in [0.1, 0.15) is 5.75 Å². The Morgan fingerprint density at radius 2 is 1.91 bits per heavy atom. The van der Waals surface area contributed by atoms with Crippen LogP contribution < -0.4 is 4.74 Å². The van der Waals surface area contributed by atoms with Gasteiger partial charge in [0.05, 0.1) is 12.7 Å². The number of esters is 1. The number of methoxy groups -OCH3 is 1. The number of ether oxygens (including phenoxy) is 2. The van der Waals surface area contributed by atoms with E-state index in [1.54, 1.807) is 42.5 Å². The molecule has 0 radical (unpaired) electrons. The number of hydrogen-bond donors (Lipinski definition) is 0. The van der Waals surface area contributed by atoms with E-state index in [2.05, 4.69) is 4.99 Å². The molecule has 1 aliphatic heterocycles. The fourth-order valence-electron chi connectivity index (χ4n) is 2.13. The minimum atomic E-state index is -0.540. The van der Waals surface area contributed by atoms with E-state index in [4.69, 9.17) is 32.7 Å². The van der Waals surface area contributed by atoms with Gasteiger partial charge in [0, 0.05) is 10.0 Å². The van der Waals surface area contributed by atoms with Crippen molar-refractivity contribution < 1.29 is 14.3 Å². The number of hydrogen-bond acceptors (Lipinski definition) is 4. The molecule has 2 aromatic carbocycles. The van der Waals surface area contributed by atoms with Crippen LogP contribution in [0, 0.1) is 0 Å².